The van der Waals surface area contributed by atoms with Gasteiger partial charge in [-0.3, -0.25) is 0 Å². The Morgan fingerprint density at radius 1 is 1.71 bits per heavy atom. The minimum Gasteiger partial charge on any atom is -0.357 e. The first-order chi connectivity index (χ1) is 3.39. The number of hydrogen-bond donors (Lipinski definition) is 1. The Kier molecular flexibility index (Phi) is 1.02. The SMILES string of the molecule is CN1C=[C]NC=C1. The van der Waals surface area contributed by atoms with Gasteiger partial charge >= 0.3 is 0 Å². The maximum Gasteiger partial charge on any atom is 0.0799 e. The average Bonchev–Trinajstić information content (AvgIpc) is 1.69. The van der Waals surface area contributed by atoms with E-state index in [9.17, 15) is 0 Å². The molecule has 1 aliphatic heterocycles. The molecule has 0 spiro atoms. The minimum atomic E-state index is 1.82. The summed E-state index contributed by atoms with van der Waals surface area (Å²) in [5, 5.41) is 2.79. The quantitative estimate of drug-likeness (QED) is 0.464. The normalized spacial score (nSPS) is 17.0. The highest BCUT2D eigenvalue weighted by atomic mass is 15.1. The summed E-state index contributed by atoms with van der Waals surface area (Å²) in [5.41, 5.74) is 0. The van der Waals surface area contributed by atoms with Crippen LogP contribution in [0.5, 0.6) is 0 Å². The van der Waals surface area contributed by atoms with Crippen molar-refractivity contribution in [3.63, 3.8) is 0 Å². The van der Waals surface area contributed by atoms with Crippen LogP contribution >= 0.6 is 0 Å². The number of nitrogens with one attached hydrogen (secondary N) is 1. The van der Waals surface area contributed by atoms with Gasteiger partial charge in [-0.1, -0.05) is 0 Å². The van der Waals surface area contributed by atoms with E-state index < -0.39 is 0 Å². The summed E-state index contributed by atoms with van der Waals surface area (Å²) in [6.07, 6.45) is 8.35. The first kappa shape index (κ1) is 4.24. The Hall–Kier alpha value is -0.920. The predicted molar refractivity (Wildman–Crippen MR) is 27.9 cm³/mol. The molecule has 1 rings (SSSR count). The largest absolute Gasteiger partial charge is 0.357 e. The predicted octanol–water partition coefficient (Wildman–Crippen LogP) is 0.267. The zero-order valence-electron chi connectivity index (χ0n) is 4.18. The van der Waals surface area contributed by atoms with Crippen LogP contribution in [0.15, 0.2) is 18.6 Å². The van der Waals surface area contributed by atoms with E-state index in [1.165, 1.54) is 0 Å². The van der Waals surface area contributed by atoms with E-state index >= 15 is 0 Å². The minimum absolute atomic E-state index is 1.82. The molecule has 1 N–H and O–H groups in total. The maximum atomic E-state index is 2.80. The van der Waals surface area contributed by atoms with Gasteiger partial charge in [-0.2, -0.15) is 0 Å². The Morgan fingerprint density at radius 2 is 2.57 bits per heavy atom. The Bertz CT molecular complexity index is 92.6. The fourth-order valence-corrected chi connectivity index (χ4v) is 0.385. The summed E-state index contributed by atoms with van der Waals surface area (Å²) in [4.78, 5) is 1.91. The highest BCUT2D eigenvalue weighted by Gasteiger charge is 1.83. The summed E-state index contributed by atoms with van der Waals surface area (Å²) in [5.74, 6) is 0. The molecule has 37 valence electrons. The number of nitrogens with zero attached hydrogens (tertiary/aromatic N) is 1. The maximum absolute atomic E-state index is 2.80. The van der Waals surface area contributed by atoms with Crippen molar-refractivity contribution in [2.45, 2.75) is 0 Å². The monoisotopic (exact) mass is 95.1 g/mol. The van der Waals surface area contributed by atoms with E-state index in [0.29, 0.717) is 0 Å². The fraction of sp³-hybridized carbons (Fsp3) is 0.200. The molecule has 0 aliphatic carbocycles. The van der Waals surface area contributed by atoms with Gasteiger partial charge in [-0.15, -0.1) is 0 Å². The van der Waals surface area contributed by atoms with Gasteiger partial charge in [0.15, 0.2) is 0 Å². The van der Waals surface area contributed by atoms with Gasteiger partial charge < -0.3 is 10.2 Å². The highest BCUT2D eigenvalue weighted by Crippen LogP contribution is 1.86. The van der Waals surface area contributed by atoms with E-state index in [4.69, 9.17) is 0 Å². The molecule has 1 radical (unpaired) electrons. The Balaban J connectivity index is 2.49. The molecular formula is C5H7N2. The lowest BCUT2D eigenvalue weighted by Crippen LogP contribution is -2.09. The van der Waals surface area contributed by atoms with Crippen LogP contribution in [0.3, 0.4) is 0 Å². The lowest BCUT2D eigenvalue weighted by molar-refractivity contribution is 0.600. The third kappa shape index (κ3) is 0.961. The van der Waals surface area contributed by atoms with Crippen molar-refractivity contribution in [1.82, 2.24) is 10.2 Å². The highest BCUT2D eigenvalue weighted by molar-refractivity contribution is 4.92. The molecule has 1 heterocycles. The molecule has 0 aromatic carbocycles. The lowest BCUT2D eigenvalue weighted by Gasteiger charge is -2.08. The van der Waals surface area contributed by atoms with E-state index in [0.717, 1.165) is 0 Å². The van der Waals surface area contributed by atoms with E-state index in [1.54, 1.807) is 0 Å². The molecule has 2 heteroatoms. The van der Waals surface area contributed by atoms with Crippen LogP contribution in [-0.2, 0) is 0 Å². The topological polar surface area (TPSA) is 15.3 Å². The lowest BCUT2D eigenvalue weighted by atomic mass is 10.6. The van der Waals surface area contributed by atoms with Gasteiger partial charge in [0.25, 0.3) is 0 Å². The molecule has 2 nitrogen and oxygen atoms in total. The first-order valence-electron chi connectivity index (χ1n) is 2.12. The number of hydrogen-bond acceptors (Lipinski definition) is 2. The van der Waals surface area contributed by atoms with Crippen LogP contribution in [0.2, 0.25) is 0 Å². The molecule has 0 fully saturated rings. The molecule has 0 saturated heterocycles. The van der Waals surface area contributed by atoms with Gasteiger partial charge in [0.2, 0.25) is 0 Å². The van der Waals surface area contributed by atoms with Crippen LogP contribution in [-0.4, -0.2) is 11.9 Å². The fourth-order valence-electron chi connectivity index (χ4n) is 0.385. The van der Waals surface area contributed by atoms with Crippen LogP contribution in [0, 0.1) is 6.20 Å². The zero-order chi connectivity index (χ0) is 5.11. The van der Waals surface area contributed by atoms with E-state index in [-0.39, 0.29) is 0 Å². The Morgan fingerprint density at radius 3 is 2.86 bits per heavy atom. The standard InChI is InChI=1S/C5H7N2/c1-7-4-2-6-3-5-7/h2,4-6H,1H3. The van der Waals surface area contributed by atoms with Crippen molar-refractivity contribution in [2.24, 2.45) is 0 Å². The van der Waals surface area contributed by atoms with Gasteiger partial charge in [0.05, 0.1) is 6.20 Å². The summed E-state index contributed by atoms with van der Waals surface area (Å²) in [6, 6.07) is 0. The Labute approximate surface area is 43.1 Å². The third-order valence-corrected chi connectivity index (χ3v) is 0.745. The van der Waals surface area contributed by atoms with Crippen molar-refractivity contribution >= 4 is 0 Å². The van der Waals surface area contributed by atoms with Crippen molar-refractivity contribution in [3.8, 4) is 0 Å². The van der Waals surface area contributed by atoms with Gasteiger partial charge in [0, 0.05) is 25.6 Å². The molecular weight excluding hydrogens is 88.1 g/mol. The van der Waals surface area contributed by atoms with Crippen molar-refractivity contribution < 1.29 is 0 Å². The molecule has 0 bridgehead atoms. The second-order valence-corrected chi connectivity index (χ2v) is 1.40. The van der Waals surface area contributed by atoms with E-state index in [1.807, 2.05) is 30.5 Å². The molecule has 0 aromatic heterocycles. The summed E-state index contributed by atoms with van der Waals surface area (Å²) in [7, 11) is 1.95. The first-order valence-corrected chi connectivity index (χ1v) is 2.12. The zero-order valence-corrected chi connectivity index (χ0v) is 4.18. The van der Waals surface area contributed by atoms with Crippen LogP contribution in [0.25, 0.3) is 0 Å². The molecule has 1 aliphatic rings. The average molecular weight is 95.1 g/mol. The smallest absolute Gasteiger partial charge is 0.0799 e. The second-order valence-electron chi connectivity index (χ2n) is 1.40. The third-order valence-electron chi connectivity index (χ3n) is 0.745. The summed E-state index contributed by atoms with van der Waals surface area (Å²) < 4.78 is 0. The van der Waals surface area contributed by atoms with Crippen molar-refractivity contribution in [1.29, 1.82) is 0 Å². The molecule has 7 heavy (non-hydrogen) atoms. The van der Waals surface area contributed by atoms with Crippen molar-refractivity contribution in [2.75, 3.05) is 7.05 Å². The molecule has 0 saturated carbocycles. The van der Waals surface area contributed by atoms with Crippen LogP contribution in [0.4, 0.5) is 0 Å². The summed E-state index contributed by atoms with van der Waals surface area (Å²) in [6.45, 7) is 0. The molecule has 0 amide bonds. The van der Waals surface area contributed by atoms with Gasteiger partial charge in [-0.05, 0) is 0 Å². The molecule has 0 unspecified atom stereocenters. The second kappa shape index (κ2) is 1.69. The van der Waals surface area contributed by atoms with E-state index in [2.05, 4.69) is 11.5 Å². The van der Waals surface area contributed by atoms with Gasteiger partial charge in [-0.25, -0.2) is 0 Å². The van der Waals surface area contributed by atoms with Crippen LogP contribution < -0.4 is 5.32 Å². The van der Waals surface area contributed by atoms with Gasteiger partial charge in [0.1, 0.15) is 0 Å². The van der Waals surface area contributed by atoms with Crippen LogP contribution in [0.1, 0.15) is 0 Å². The molecule has 0 atom stereocenters. The molecule has 0 aromatic rings. The number of rotatable bonds is 0. The summed E-state index contributed by atoms with van der Waals surface area (Å²) >= 11 is 0. The van der Waals surface area contributed by atoms with Crippen molar-refractivity contribution in [3.05, 3.63) is 24.8 Å².